The highest BCUT2D eigenvalue weighted by Crippen LogP contribution is 2.37. The van der Waals surface area contributed by atoms with Crippen LogP contribution in [-0.4, -0.2) is 86.0 Å². The van der Waals surface area contributed by atoms with Crippen LogP contribution < -0.4 is 26.8 Å². The summed E-state index contributed by atoms with van der Waals surface area (Å²) in [6.45, 7) is 11.7. The number of rotatable bonds is 15. The quantitative estimate of drug-likeness (QED) is 0.109. The number of nitrogens with zero attached hydrogens (tertiary/aromatic N) is 10. The highest BCUT2D eigenvalue weighted by molar-refractivity contribution is 6.12. The van der Waals surface area contributed by atoms with Crippen LogP contribution in [0.1, 0.15) is 62.9 Å². The van der Waals surface area contributed by atoms with Crippen molar-refractivity contribution in [1.29, 1.82) is 0 Å². The molecule has 8 rings (SSSR count). The maximum atomic E-state index is 13.5. The fraction of sp³-hybridized carbons (Fsp3) is 0.325. The predicted octanol–water partition coefficient (Wildman–Crippen LogP) is 3.74. The first-order valence-corrected chi connectivity index (χ1v) is 19.2. The summed E-state index contributed by atoms with van der Waals surface area (Å²) in [6, 6.07) is 8.66. The summed E-state index contributed by atoms with van der Waals surface area (Å²) in [5.74, 6) is 0.163. The van der Waals surface area contributed by atoms with E-state index in [1.54, 1.807) is 39.7 Å². The van der Waals surface area contributed by atoms with Gasteiger partial charge >= 0.3 is 0 Å². The molecule has 3 amide bonds. The minimum absolute atomic E-state index is 0.192. The number of nitrogens with one attached hydrogen (secondary N) is 2. The molecule has 1 saturated heterocycles. The van der Waals surface area contributed by atoms with E-state index in [1.165, 1.54) is 6.20 Å². The van der Waals surface area contributed by atoms with Crippen molar-refractivity contribution in [1.82, 2.24) is 53.9 Å². The number of carbonyl (C=O) groups is 3. The number of hydrogen-bond donors (Lipinski definition) is 4. The van der Waals surface area contributed by atoms with Crippen molar-refractivity contribution in [3.05, 3.63) is 83.1 Å². The Kier molecular flexibility index (Phi) is 10.2. The summed E-state index contributed by atoms with van der Waals surface area (Å²) in [6.07, 6.45) is 7.91. The number of pyridine rings is 1. The lowest BCUT2D eigenvalue weighted by Crippen LogP contribution is -2.42. The molecule has 0 bridgehead atoms. The van der Waals surface area contributed by atoms with Crippen LogP contribution in [0.5, 0.6) is 5.75 Å². The number of benzene rings is 1. The van der Waals surface area contributed by atoms with Gasteiger partial charge in [0, 0.05) is 54.9 Å². The molecule has 7 heterocycles. The van der Waals surface area contributed by atoms with Gasteiger partial charge in [0.1, 0.15) is 28.3 Å². The van der Waals surface area contributed by atoms with Gasteiger partial charge in [0.05, 0.1) is 29.1 Å². The van der Waals surface area contributed by atoms with E-state index in [9.17, 15) is 14.4 Å². The molecule has 6 N–H and O–H groups in total. The van der Waals surface area contributed by atoms with Crippen molar-refractivity contribution < 1.29 is 19.1 Å². The number of aryl methyl sites for hydroxylation is 4. The number of ether oxygens (including phenoxy) is 1. The van der Waals surface area contributed by atoms with Gasteiger partial charge in [-0.2, -0.15) is 10.2 Å². The number of fused-ring (bicyclic) bond motifs is 4. The second kappa shape index (κ2) is 15.5. The molecule has 1 fully saturated rings. The summed E-state index contributed by atoms with van der Waals surface area (Å²) in [7, 11) is 0. The molecule has 6 aromatic heterocycles. The van der Waals surface area contributed by atoms with Gasteiger partial charge in [-0.25, -0.2) is 19.9 Å². The van der Waals surface area contributed by atoms with Crippen molar-refractivity contribution in [3.63, 3.8) is 0 Å². The second-order valence-electron chi connectivity index (χ2n) is 14.3. The van der Waals surface area contributed by atoms with Crippen LogP contribution >= 0.6 is 0 Å². The van der Waals surface area contributed by atoms with Gasteiger partial charge in [-0.1, -0.05) is 12.2 Å². The number of anilines is 1. The highest BCUT2D eigenvalue weighted by atomic mass is 16.5. The Hall–Kier alpha value is -6.95. The van der Waals surface area contributed by atoms with Crippen LogP contribution in [0.25, 0.3) is 44.6 Å². The van der Waals surface area contributed by atoms with Gasteiger partial charge < -0.3 is 26.1 Å². The molecule has 1 aromatic carbocycles. The molecule has 0 spiro atoms. The van der Waals surface area contributed by atoms with Crippen LogP contribution in [0.15, 0.2) is 54.9 Å². The van der Waals surface area contributed by atoms with E-state index in [0.717, 1.165) is 47.2 Å². The van der Waals surface area contributed by atoms with E-state index in [4.69, 9.17) is 26.2 Å². The molecular weight excluding hydrogens is 741 g/mol. The zero-order chi connectivity index (χ0) is 40.7. The van der Waals surface area contributed by atoms with Gasteiger partial charge in [-0.15, -0.1) is 0 Å². The van der Waals surface area contributed by atoms with E-state index >= 15 is 0 Å². The smallest absolute Gasteiger partial charge is 0.276 e. The van der Waals surface area contributed by atoms with Crippen LogP contribution in [0.2, 0.25) is 0 Å². The average molecular weight is 785 g/mol. The number of amides is 3. The number of nitrogens with two attached hydrogens (primary N) is 2. The Morgan fingerprint density at radius 3 is 2.28 bits per heavy atom. The van der Waals surface area contributed by atoms with E-state index in [-0.39, 0.29) is 18.1 Å². The normalized spacial score (nSPS) is 13.2. The molecule has 7 aromatic rings. The number of carbonyl (C=O) groups excluding carboxylic acids is 3. The van der Waals surface area contributed by atoms with E-state index in [1.807, 2.05) is 55.2 Å². The first-order valence-electron chi connectivity index (χ1n) is 19.2. The van der Waals surface area contributed by atoms with Crippen LogP contribution in [0, 0.1) is 19.8 Å². The van der Waals surface area contributed by atoms with Crippen molar-refractivity contribution in [2.24, 2.45) is 17.4 Å². The Labute approximate surface area is 332 Å². The standard InChI is InChI=1S/C40H44N14O4/c1-5-53-30(13-22(3)49-53)36-44-21-28-27-15-25(34(41)55)17-32(58-12-9-24-18-43-19-24)33(27)51(37(28)47-36)10-7-8-11-52-38-29(16-26(20-45-38)35(42)56)46-40(52)48-39(57)31-14-23(4)50-54(31)6-2/h7-8,13-17,20-21,24,43H,5-6,9-12,18-19H2,1-4H3,(H2,41,55)(H2,42,56)(H,46,48,57). The Morgan fingerprint density at radius 1 is 0.845 bits per heavy atom. The summed E-state index contributed by atoms with van der Waals surface area (Å²) in [5.41, 5.74) is 16.8. The van der Waals surface area contributed by atoms with Gasteiger partial charge in [0.2, 0.25) is 17.8 Å². The first kappa shape index (κ1) is 37.9. The predicted molar refractivity (Wildman–Crippen MR) is 217 cm³/mol. The fourth-order valence-corrected chi connectivity index (χ4v) is 7.28. The lowest BCUT2D eigenvalue weighted by atomic mass is 10.0. The topological polar surface area (TPSA) is 234 Å². The third-order valence-electron chi connectivity index (χ3n) is 10.3. The molecule has 58 heavy (non-hydrogen) atoms. The maximum absolute atomic E-state index is 13.5. The highest BCUT2D eigenvalue weighted by Gasteiger charge is 2.23. The molecular formula is C40H44N14O4. The Balaban J connectivity index is 1.19. The van der Waals surface area contributed by atoms with Crippen molar-refractivity contribution >= 4 is 56.8 Å². The number of hydrogen-bond acceptors (Lipinski definition) is 11. The number of primary amides is 2. The van der Waals surface area contributed by atoms with Crippen LogP contribution in [-0.2, 0) is 26.2 Å². The molecule has 0 radical (unpaired) electrons. The summed E-state index contributed by atoms with van der Waals surface area (Å²) < 4.78 is 13.7. The number of aromatic nitrogens is 10. The molecule has 18 nitrogen and oxygen atoms in total. The molecule has 298 valence electrons. The SMILES string of the molecule is CCn1nc(C)cc1C(=O)Nc1nc2cc(C(N)=O)cnc2n1CC=CCn1c2nc(-c3cc(C)nn3CC)ncc2c2cc(C(N)=O)cc(OCCC3CNC3)c21. The molecule has 18 heteroatoms. The summed E-state index contributed by atoms with van der Waals surface area (Å²) in [5, 5.41) is 16.7. The van der Waals surface area contributed by atoms with Crippen LogP contribution in [0.3, 0.4) is 0 Å². The minimum Gasteiger partial charge on any atom is -0.491 e. The molecule has 1 aliphatic rings. The zero-order valence-electron chi connectivity index (χ0n) is 32.7. The van der Waals surface area contributed by atoms with Gasteiger partial charge in [0.15, 0.2) is 11.5 Å². The lowest BCUT2D eigenvalue weighted by Gasteiger charge is -2.26. The second-order valence-corrected chi connectivity index (χ2v) is 14.3. The first-order chi connectivity index (χ1) is 28.0. The lowest BCUT2D eigenvalue weighted by molar-refractivity contribution is 0.0991. The zero-order valence-corrected chi connectivity index (χ0v) is 32.7. The van der Waals surface area contributed by atoms with Crippen LogP contribution in [0.4, 0.5) is 5.95 Å². The molecule has 0 atom stereocenters. The maximum Gasteiger partial charge on any atom is 0.276 e. The molecule has 0 aliphatic carbocycles. The van der Waals surface area contributed by atoms with Crippen molar-refractivity contribution in [2.75, 3.05) is 25.0 Å². The molecule has 0 unspecified atom stereocenters. The fourth-order valence-electron chi connectivity index (χ4n) is 7.28. The Morgan fingerprint density at radius 2 is 1.57 bits per heavy atom. The third kappa shape index (κ3) is 7.13. The van der Waals surface area contributed by atoms with Gasteiger partial charge in [0.25, 0.3) is 5.91 Å². The van der Waals surface area contributed by atoms with Crippen molar-refractivity contribution in [3.8, 4) is 17.3 Å². The largest absolute Gasteiger partial charge is 0.491 e. The summed E-state index contributed by atoms with van der Waals surface area (Å²) >= 11 is 0. The van der Waals surface area contributed by atoms with Gasteiger partial charge in [-0.05, 0) is 83.5 Å². The van der Waals surface area contributed by atoms with E-state index in [0.29, 0.717) is 77.5 Å². The monoisotopic (exact) mass is 784 g/mol. The number of imidazole rings is 1. The van der Waals surface area contributed by atoms with E-state index < -0.39 is 17.7 Å². The molecule has 0 saturated carbocycles. The minimum atomic E-state index is -0.643. The summed E-state index contributed by atoms with van der Waals surface area (Å²) in [4.78, 5) is 57.1. The Bertz CT molecular complexity index is 2770. The van der Waals surface area contributed by atoms with E-state index in [2.05, 4.69) is 30.8 Å². The molecule has 1 aliphatic heterocycles. The third-order valence-corrected chi connectivity index (χ3v) is 10.3. The van der Waals surface area contributed by atoms with Gasteiger partial charge in [-0.3, -0.25) is 33.6 Å². The average Bonchev–Trinajstić information content (AvgIpc) is 3.94. The number of allylic oxidation sites excluding steroid dienone is 2. The van der Waals surface area contributed by atoms with Crippen molar-refractivity contribution in [2.45, 2.75) is 60.3 Å².